The van der Waals surface area contributed by atoms with E-state index in [0.717, 1.165) is 22.4 Å². The summed E-state index contributed by atoms with van der Waals surface area (Å²) in [7, 11) is 0. The first-order valence-corrected chi connectivity index (χ1v) is 8.63. The lowest BCUT2D eigenvalue weighted by atomic mass is 10.1. The number of alkyl halides is 2. The van der Waals surface area contributed by atoms with Crippen molar-refractivity contribution in [2.24, 2.45) is 0 Å². The minimum atomic E-state index is -2.88. The van der Waals surface area contributed by atoms with E-state index < -0.39 is 12.5 Å². The fraction of sp³-hybridized carbons (Fsp3) is 0.238. The molecule has 148 valence electrons. The number of carbonyl (C=O) groups is 2. The molecule has 0 aliphatic rings. The standard InChI is InChI=1S/C21H22F2N2O3/c1-13-10-14(2)20(15(3)11-13)25-19(27)12-24-18(26)9-6-16-4-7-17(8-5-16)28-21(22)23/h4-11,21H,12H2,1-3H3,(H,24,26)(H,25,27). The van der Waals surface area contributed by atoms with Crippen LogP contribution in [0.3, 0.4) is 0 Å². The van der Waals surface area contributed by atoms with Crippen LogP contribution in [-0.2, 0) is 9.59 Å². The van der Waals surface area contributed by atoms with Gasteiger partial charge in [-0.2, -0.15) is 8.78 Å². The summed E-state index contributed by atoms with van der Waals surface area (Å²) in [4.78, 5) is 23.9. The van der Waals surface area contributed by atoms with Crippen LogP contribution in [0, 0.1) is 20.8 Å². The van der Waals surface area contributed by atoms with E-state index in [2.05, 4.69) is 15.4 Å². The SMILES string of the molecule is Cc1cc(C)c(NC(=O)CNC(=O)C=Cc2ccc(OC(F)F)cc2)c(C)c1. The average Bonchev–Trinajstić information content (AvgIpc) is 2.62. The summed E-state index contributed by atoms with van der Waals surface area (Å²) in [5.41, 5.74) is 4.39. The van der Waals surface area contributed by atoms with Gasteiger partial charge in [0.2, 0.25) is 11.8 Å². The monoisotopic (exact) mass is 388 g/mol. The number of aryl methyl sites for hydroxylation is 3. The van der Waals surface area contributed by atoms with Crippen molar-refractivity contribution in [2.45, 2.75) is 27.4 Å². The highest BCUT2D eigenvalue weighted by molar-refractivity contribution is 5.98. The van der Waals surface area contributed by atoms with E-state index in [-0.39, 0.29) is 18.2 Å². The maximum absolute atomic E-state index is 12.1. The summed E-state index contributed by atoms with van der Waals surface area (Å²) in [6.45, 7) is 2.75. The minimum Gasteiger partial charge on any atom is -0.435 e. The first kappa shape index (κ1) is 21.1. The Morgan fingerprint density at radius 1 is 1.07 bits per heavy atom. The van der Waals surface area contributed by atoms with Crippen LogP contribution in [0.15, 0.2) is 42.5 Å². The number of hydrogen-bond donors (Lipinski definition) is 2. The van der Waals surface area contributed by atoms with Crippen molar-refractivity contribution in [1.29, 1.82) is 0 Å². The lowest BCUT2D eigenvalue weighted by molar-refractivity contribution is -0.121. The minimum absolute atomic E-state index is 0.0370. The summed E-state index contributed by atoms with van der Waals surface area (Å²) < 4.78 is 28.5. The predicted octanol–water partition coefficient (Wildman–Crippen LogP) is 3.98. The fourth-order valence-corrected chi connectivity index (χ4v) is 2.72. The molecule has 2 N–H and O–H groups in total. The van der Waals surface area contributed by atoms with Gasteiger partial charge in [0.05, 0.1) is 6.54 Å². The zero-order valence-electron chi connectivity index (χ0n) is 15.9. The molecule has 2 rings (SSSR count). The number of rotatable bonds is 7. The molecule has 0 aliphatic carbocycles. The van der Waals surface area contributed by atoms with Gasteiger partial charge >= 0.3 is 6.61 Å². The zero-order chi connectivity index (χ0) is 20.7. The summed E-state index contributed by atoms with van der Waals surface area (Å²) in [6, 6.07) is 9.78. The third-order valence-corrected chi connectivity index (χ3v) is 3.90. The molecular weight excluding hydrogens is 366 g/mol. The van der Waals surface area contributed by atoms with E-state index in [0.29, 0.717) is 5.56 Å². The van der Waals surface area contributed by atoms with Crippen molar-refractivity contribution in [3.8, 4) is 5.75 Å². The van der Waals surface area contributed by atoms with E-state index >= 15 is 0 Å². The smallest absolute Gasteiger partial charge is 0.387 e. The Morgan fingerprint density at radius 3 is 2.25 bits per heavy atom. The molecule has 0 saturated carbocycles. The second-order valence-corrected chi connectivity index (χ2v) is 6.32. The second-order valence-electron chi connectivity index (χ2n) is 6.32. The van der Waals surface area contributed by atoms with E-state index in [1.54, 1.807) is 0 Å². The van der Waals surface area contributed by atoms with Gasteiger partial charge in [0, 0.05) is 11.8 Å². The molecule has 2 aromatic carbocycles. The molecule has 2 amide bonds. The maximum Gasteiger partial charge on any atom is 0.387 e. The number of nitrogens with one attached hydrogen (secondary N) is 2. The van der Waals surface area contributed by atoms with Crippen LogP contribution in [0.1, 0.15) is 22.3 Å². The first-order chi connectivity index (χ1) is 13.2. The van der Waals surface area contributed by atoms with E-state index in [1.807, 2.05) is 32.9 Å². The van der Waals surface area contributed by atoms with Crippen LogP contribution >= 0.6 is 0 Å². The van der Waals surface area contributed by atoms with Crippen molar-refractivity contribution in [2.75, 3.05) is 11.9 Å². The Bertz CT molecular complexity index is 855. The number of benzene rings is 2. The molecular formula is C21H22F2N2O3. The second kappa shape index (κ2) is 9.64. The topological polar surface area (TPSA) is 67.4 Å². The molecule has 0 atom stereocenters. The van der Waals surface area contributed by atoms with Gasteiger partial charge in [-0.05, 0) is 55.7 Å². The molecule has 0 aromatic heterocycles. The molecule has 2 aromatic rings. The quantitative estimate of drug-likeness (QED) is 0.705. The number of halogens is 2. The Hall–Kier alpha value is -3.22. The zero-order valence-corrected chi connectivity index (χ0v) is 15.9. The van der Waals surface area contributed by atoms with Gasteiger partial charge < -0.3 is 15.4 Å². The van der Waals surface area contributed by atoms with Crippen LogP contribution in [0.2, 0.25) is 0 Å². The molecule has 28 heavy (non-hydrogen) atoms. The molecule has 7 heteroatoms. The third kappa shape index (κ3) is 6.50. The van der Waals surface area contributed by atoms with E-state index in [9.17, 15) is 18.4 Å². The number of anilines is 1. The van der Waals surface area contributed by atoms with Crippen LogP contribution in [-0.4, -0.2) is 25.0 Å². The normalized spacial score (nSPS) is 10.9. The van der Waals surface area contributed by atoms with Gasteiger partial charge in [-0.25, -0.2) is 0 Å². The van der Waals surface area contributed by atoms with Gasteiger partial charge in [0.1, 0.15) is 5.75 Å². The highest BCUT2D eigenvalue weighted by Gasteiger charge is 2.09. The molecule has 0 bridgehead atoms. The Labute approximate surface area is 162 Å². The molecule has 0 saturated heterocycles. The van der Waals surface area contributed by atoms with Crippen molar-refractivity contribution < 1.29 is 23.1 Å². The molecule has 0 heterocycles. The predicted molar refractivity (Wildman–Crippen MR) is 104 cm³/mol. The lowest BCUT2D eigenvalue weighted by Crippen LogP contribution is -2.32. The highest BCUT2D eigenvalue weighted by atomic mass is 19.3. The third-order valence-electron chi connectivity index (χ3n) is 3.90. The maximum atomic E-state index is 12.1. The fourth-order valence-electron chi connectivity index (χ4n) is 2.72. The van der Waals surface area contributed by atoms with Gasteiger partial charge in [-0.3, -0.25) is 9.59 Å². The van der Waals surface area contributed by atoms with Crippen molar-refractivity contribution in [3.63, 3.8) is 0 Å². The number of hydrogen-bond acceptors (Lipinski definition) is 3. The molecule has 0 aliphatic heterocycles. The summed E-state index contributed by atoms with van der Waals surface area (Å²) in [5, 5.41) is 5.30. The Morgan fingerprint density at radius 2 is 1.68 bits per heavy atom. The molecule has 0 spiro atoms. The van der Waals surface area contributed by atoms with Crippen molar-refractivity contribution in [1.82, 2.24) is 5.32 Å². The summed E-state index contributed by atoms with van der Waals surface area (Å²) >= 11 is 0. The van der Waals surface area contributed by atoms with E-state index in [1.165, 1.54) is 36.4 Å². The van der Waals surface area contributed by atoms with E-state index in [4.69, 9.17) is 0 Å². The number of ether oxygens (including phenoxy) is 1. The van der Waals surface area contributed by atoms with Gasteiger partial charge in [-0.15, -0.1) is 0 Å². The van der Waals surface area contributed by atoms with Crippen LogP contribution < -0.4 is 15.4 Å². The van der Waals surface area contributed by atoms with Gasteiger partial charge in [0.15, 0.2) is 0 Å². The van der Waals surface area contributed by atoms with Gasteiger partial charge in [-0.1, -0.05) is 29.8 Å². The summed E-state index contributed by atoms with van der Waals surface area (Å²) in [6.07, 6.45) is 2.77. The van der Waals surface area contributed by atoms with Gasteiger partial charge in [0.25, 0.3) is 0 Å². The van der Waals surface area contributed by atoms with Crippen LogP contribution in [0.5, 0.6) is 5.75 Å². The number of carbonyl (C=O) groups excluding carboxylic acids is 2. The number of amides is 2. The Kier molecular flexibility index (Phi) is 7.26. The van der Waals surface area contributed by atoms with Crippen molar-refractivity contribution in [3.05, 3.63) is 64.7 Å². The van der Waals surface area contributed by atoms with Crippen LogP contribution in [0.25, 0.3) is 6.08 Å². The molecule has 0 unspecified atom stereocenters. The highest BCUT2D eigenvalue weighted by Crippen LogP contribution is 2.21. The largest absolute Gasteiger partial charge is 0.435 e. The average molecular weight is 388 g/mol. The summed E-state index contributed by atoms with van der Waals surface area (Å²) in [5.74, 6) is -0.735. The molecule has 0 fully saturated rings. The first-order valence-electron chi connectivity index (χ1n) is 8.63. The van der Waals surface area contributed by atoms with Crippen molar-refractivity contribution >= 4 is 23.6 Å². The van der Waals surface area contributed by atoms with Crippen LogP contribution in [0.4, 0.5) is 14.5 Å². The Balaban J connectivity index is 1.85. The lowest BCUT2D eigenvalue weighted by Gasteiger charge is -2.13. The molecule has 0 radical (unpaired) electrons. The molecule has 5 nitrogen and oxygen atoms in total.